The first kappa shape index (κ1) is 15.0. The van der Waals surface area contributed by atoms with Crippen molar-refractivity contribution in [3.63, 3.8) is 0 Å². The fraction of sp³-hybridized carbons (Fsp3) is 0. The molecule has 0 saturated heterocycles. The van der Waals surface area contributed by atoms with Gasteiger partial charge in [-0.15, -0.1) is 0 Å². The van der Waals surface area contributed by atoms with Crippen LogP contribution in [0.2, 0.25) is 0 Å². The van der Waals surface area contributed by atoms with Gasteiger partial charge in [-0.1, -0.05) is 0 Å². The summed E-state index contributed by atoms with van der Waals surface area (Å²) in [4.78, 5) is -0.492. The smallest absolute Gasteiger partial charge is 1.00 e. The molecule has 0 amide bonds. The second-order valence-electron chi connectivity index (χ2n) is 2.17. The molecule has 0 saturated carbocycles. The Morgan fingerprint density at radius 1 is 1.29 bits per heavy atom. The maximum atomic E-state index is 12.8. The maximum absolute atomic E-state index is 12.8. The summed E-state index contributed by atoms with van der Waals surface area (Å²) in [5, 5.41) is 0. The van der Waals surface area contributed by atoms with Crippen LogP contribution < -0.4 is 29.6 Å². The Balaban J connectivity index is 0. The molecule has 0 spiro atoms. The average Bonchev–Trinajstić information content (AvgIpc) is 1.94. The SMILES string of the molecule is O=S(=O)(O)c1cc(F)c(Br)cc1Br.[H-].[Na+]. The number of benzene rings is 1. The quantitative estimate of drug-likeness (QED) is 0.427. The molecule has 1 rings (SSSR count). The van der Waals surface area contributed by atoms with Crippen molar-refractivity contribution in [3.05, 3.63) is 26.9 Å². The van der Waals surface area contributed by atoms with E-state index in [0.29, 0.717) is 0 Å². The molecule has 1 N–H and O–H groups in total. The summed E-state index contributed by atoms with van der Waals surface area (Å²) < 4.78 is 43.0. The average molecular weight is 358 g/mol. The number of halogens is 3. The van der Waals surface area contributed by atoms with Crippen molar-refractivity contribution in [2.75, 3.05) is 0 Å². The van der Waals surface area contributed by atoms with E-state index in [4.69, 9.17) is 4.55 Å². The zero-order chi connectivity index (χ0) is 10.2. The first-order valence-electron chi connectivity index (χ1n) is 2.94. The molecular weight excluding hydrogens is 354 g/mol. The molecule has 0 aliphatic carbocycles. The summed E-state index contributed by atoms with van der Waals surface area (Å²) in [5.74, 6) is -0.754. The summed E-state index contributed by atoms with van der Waals surface area (Å²) >= 11 is 5.75. The summed E-state index contributed by atoms with van der Waals surface area (Å²) in [6, 6.07) is 1.93. The van der Waals surface area contributed by atoms with Gasteiger partial charge in [0.25, 0.3) is 10.1 Å². The standard InChI is InChI=1S/C6H3Br2FO3S.Na.H/c7-3-1-4(8)6(2-5(3)9)13(10,11)12;;/h1-2H,(H,10,11,12);;/q;+1;-1. The fourth-order valence-corrected chi connectivity index (χ4v) is 2.87. The Labute approximate surface area is 121 Å². The molecule has 0 bridgehead atoms. The molecule has 0 aliphatic heterocycles. The molecule has 0 atom stereocenters. The van der Waals surface area contributed by atoms with Gasteiger partial charge in [-0.25, -0.2) is 4.39 Å². The van der Waals surface area contributed by atoms with Gasteiger partial charge in [0.1, 0.15) is 10.7 Å². The first-order chi connectivity index (χ1) is 5.82. The largest absolute Gasteiger partial charge is 1.00 e. The van der Waals surface area contributed by atoms with E-state index < -0.39 is 20.8 Å². The van der Waals surface area contributed by atoms with Crippen LogP contribution in [0.5, 0.6) is 0 Å². The molecule has 1 aromatic rings. The third kappa shape index (κ3) is 3.55. The Bertz CT molecular complexity index is 454. The van der Waals surface area contributed by atoms with E-state index in [1.807, 2.05) is 0 Å². The van der Waals surface area contributed by atoms with Crippen LogP contribution in [0, 0.1) is 5.82 Å². The topological polar surface area (TPSA) is 54.4 Å². The van der Waals surface area contributed by atoms with Crippen LogP contribution in [0.25, 0.3) is 0 Å². The normalized spacial score (nSPS) is 10.9. The molecule has 74 valence electrons. The van der Waals surface area contributed by atoms with Crippen LogP contribution in [0.4, 0.5) is 4.39 Å². The van der Waals surface area contributed by atoms with Crippen LogP contribution in [-0.2, 0) is 10.1 Å². The number of hydrogen-bond acceptors (Lipinski definition) is 2. The maximum Gasteiger partial charge on any atom is 1.00 e. The van der Waals surface area contributed by atoms with Crippen molar-refractivity contribution in [2.45, 2.75) is 4.90 Å². The number of rotatable bonds is 1. The predicted molar refractivity (Wildman–Crippen MR) is 52.7 cm³/mol. The minimum Gasteiger partial charge on any atom is -1.00 e. The Morgan fingerprint density at radius 2 is 1.79 bits per heavy atom. The van der Waals surface area contributed by atoms with E-state index in [1.165, 1.54) is 6.07 Å². The molecule has 0 unspecified atom stereocenters. The molecule has 3 nitrogen and oxygen atoms in total. The monoisotopic (exact) mass is 356 g/mol. The summed E-state index contributed by atoms with van der Waals surface area (Å²) in [5.41, 5.74) is 0. The van der Waals surface area contributed by atoms with E-state index in [9.17, 15) is 12.8 Å². The Kier molecular flexibility index (Phi) is 5.77. The van der Waals surface area contributed by atoms with Crippen molar-refractivity contribution in [1.82, 2.24) is 0 Å². The molecule has 1 aromatic carbocycles. The minimum absolute atomic E-state index is 0. The van der Waals surface area contributed by atoms with Gasteiger partial charge in [-0.2, -0.15) is 8.42 Å². The van der Waals surface area contributed by atoms with Gasteiger partial charge in [0.2, 0.25) is 0 Å². The van der Waals surface area contributed by atoms with Crippen LogP contribution in [0.15, 0.2) is 26.0 Å². The molecular formula is C6H4Br2FNaO3S. The number of hydrogen-bond donors (Lipinski definition) is 1. The zero-order valence-corrected chi connectivity index (χ0v) is 12.9. The Hall–Kier alpha value is 1.02. The third-order valence-corrected chi connectivity index (χ3v) is 3.67. The predicted octanol–water partition coefficient (Wildman–Crippen LogP) is -0.286. The summed E-state index contributed by atoms with van der Waals surface area (Å²) in [6.45, 7) is 0. The van der Waals surface area contributed by atoms with Gasteiger partial charge in [0.15, 0.2) is 0 Å². The van der Waals surface area contributed by atoms with Crippen LogP contribution in [0.1, 0.15) is 1.43 Å². The van der Waals surface area contributed by atoms with E-state index >= 15 is 0 Å². The molecule has 0 fully saturated rings. The van der Waals surface area contributed by atoms with E-state index in [0.717, 1.165) is 6.07 Å². The first-order valence-corrected chi connectivity index (χ1v) is 5.97. The van der Waals surface area contributed by atoms with Gasteiger partial charge in [0.05, 0.1) is 4.47 Å². The van der Waals surface area contributed by atoms with E-state index in [1.54, 1.807) is 0 Å². The third-order valence-electron chi connectivity index (χ3n) is 1.25. The van der Waals surface area contributed by atoms with Crippen LogP contribution in [-0.4, -0.2) is 13.0 Å². The molecule has 14 heavy (non-hydrogen) atoms. The van der Waals surface area contributed by atoms with Gasteiger partial charge in [-0.3, -0.25) is 4.55 Å². The molecule has 0 aliphatic rings. The van der Waals surface area contributed by atoms with Crippen molar-refractivity contribution >= 4 is 42.0 Å². The second-order valence-corrected chi connectivity index (χ2v) is 5.27. The van der Waals surface area contributed by atoms with Crippen molar-refractivity contribution in [2.24, 2.45) is 0 Å². The molecule has 0 heterocycles. The van der Waals surface area contributed by atoms with Crippen LogP contribution >= 0.6 is 31.9 Å². The zero-order valence-electron chi connectivity index (χ0n) is 7.96. The summed E-state index contributed by atoms with van der Waals surface area (Å²) in [6.07, 6.45) is 0. The van der Waals surface area contributed by atoms with Gasteiger partial charge in [-0.05, 0) is 44.0 Å². The Morgan fingerprint density at radius 3 is 2.21 bits per heavy atom. The fourth-order valence-electron chi connectivity index (χ4n) is 0.702. The van der Waals surface area contributed by atoms with E-state index in [-0.39, 0.29) is 39.9 Å². The minimum atomic E-state index is -4.38. The molecule has 0 radical (unpaired) electrons. The molecule has 8 heteroatoms. The molecule has 0 aromatic heterocycles. The van der Waals surface area contributed by atoms with E-state index in [2.05, 4.69) is 31.9 Å². The van der Waals surface area contributed by atoms with Crippen molar-refractivity contribution < 1.29 is 48.3 Å². The van der Waals surface area contributed by atoms with Crippen molar-refractivity contribution in [3.8, 4) is 0 Å². The second kappa shape index (κ2) is 5.38. The van der Waals surface area contributed by atoms with Gasteiger partial charge < -0.3 is 1.43 Å². The van der Waals surface area contributed by atoms with Gasteiger partial charge >= 0.3 is 29.6 Å². The van der Waals surface area contributed by atoms with Crippen molar-refractivity contribution in [1.29, 1.82) is 0 Å². The van der Waals surface area contributed by atoms with Gasteiger partial charge in [0, 0.05) is 4.47 Å². The van der Waals surface area contributed by atoms with Crippen LogP contribution in [0.3, 0.4) is 0 Å². The summed E-state index contributed by atoms with van der Waals surface area (Å²) in [7, 11) is -4.38.